The Kier molecular flexibility index (Phi) is 10.3. The molecule has 0 saturated heterocycles. The molecule has 1 aromatic carbocycles. The summed E-state index contributed by atoms with van der Waals surface area (Å²) in [6.07, 6.45) is 0. The van der Waals surface area contributed by atoms with E-state index >= 15 is 0 Å². The van der Waals surface area contributed by atoms with Gasteiger partial charge in [-0.25, -0.2) is 0 Å². The van der Waals surface area contributed by atoms with Crippen LogP contribution < -0.4 is 26.5 Å². The third-order valence-corrected chi connectivity index (χ3v) is 1.31. The average molecular weight is 255 g/mol. The number of rotatable bonds is 3. The standard InChI is InChI=1S/C9H11O2.BrH.Mg/c1-3-11-9-7-5-4-6-8(9)10-2;;/h4,6-7H,3H2,1-2H3;1H;/q-1;;+2/p-1. The number of hydrogen-bond donors (Lipinski definition) is 0. The second-order valence-electron chi connectivity index (χ2n) is 2.01. The first-order chi connectivity index (χ1) is 5.38. The molecule has 4 heteroatoms. The minimum absolute atomic E-state index is 0. The summed E-state index contributed by atoms with van der Waals surface area (Å²) in [7, 11) is 1.62. The molecule has 13 heavy (non-hydrogen) atoms. The van der Waals surface area contributed by atoms with Gasteiger partial charge in [0.1, 0.15) is 0 Å². The van der Waals surface area contributed by atoms with Crippen LogP contribution in [0.15, 0.2) is 18.2 Å². The number of methoxy groups -OCH3 is 1. The Hall–Kier alpha value is 0.0662. The average Bonchev–Trinajstić information content (AvgIpc) is 2.06. The van der Waals surface area contributed by atoms with E-state index in [9.17, 15) is 0 Å². The normalized spacial score (nSPS) is 7.85. The van der Waals surface area contributed by atoms with Crippen LogP contribution in [0.5, 0.6) is 11.5 Å². The van der Waals surface area contributed by atoms with Gasteiger partial charge in [-0.05, 0) is 6.92 Å². The molecular formula is C9H11BrMgO2. The van der Waals surface area contributed by atoms with Gasteiger partial charge in [0.25, 0.3) is 0 Å². The van der Waals surface area contributed by atoms with Crippen LogP contribution in [0.25, 0.3) is 0 Å². The predicted octanol–water partition coefficient (Wildman–Crippen LogP) is -1.48. The van der Waals surface area contributed by atoms with Gasteiger partial charge >= 0.3 is 23.1 Å². The molecule has 0 aliphatic rings. The van der Waals surface area contributed by atoms with Crippen LogP contribution >= 0.6 is 0 Å². The van der Waals surface area contributed by atoms with Crippen LogP contribution in [-0.4, -0.2) is 36.8 Å². The van der Waals surface area contributed by atoms with Gasteiger partial charge < -0.3 is 26.5 Å². The molecule has 0 amide bonds. The molecule has 0 radical (unpaired) electrons. The first kappa shape index (κ1) is 15.5. The molecule has 0 spiro atoms. The van der Waals surface area contributed by atoms with Gasteiger partial charge in [0.05, 0.1) is 19.5 Å². The third-order valence-electron chi connectivity index (χ3n) is 1.31. The van der Waals surface area contributed by atoms with Crippen molar-refractivity contribution >= 4 is 23.1 Å². The van der Waals surface area contributed by atoms with Gasteiger partial charge in [-0.15, -0.1) is 12.1 Å². The minimum atomic E-state index is 0. The fourth-order valence-corrected chi connectivity index (χ4v) is 0.838. The summed E-state index contributed by atoms with van der Waals surface area (Å²) in [5.74, 6) is 1.50. The maximum absolute atomic E-state index is 5.27. The zero-order chi connectivity index (χ0) is 8.10. The van der Waals surface area contributed by atoms with E-state index in [1.807, 2.05) is 13.0 Å². The number of ether oxygens (including phenoxy) is 2. The summed E-state index contributed by atoms with van der Waals surface area (Å²) < 4.78 is 10.3. The van der Waals surface area contributed by atoms with Gasteiger partial charge in [-0.3, -0.25) is 0 Å². The van der Waals surface area contributed by atoms with E-state index in [-0.39, 0.29) is 40.0 Å². The fourth-order valence-electron chi connectivity index (χ4n) is 0.838. The van der Waals surface area contributed by atoms with E-state index < -0.39 is 0 Å². The van der Waals surface area contributed by atoms with E-state index in [0.717, 1.165) is 11.5 Å². The zero-order valence-corrected chi connectivity index (χ0v) is 10.8. The zero-order valence-electron chi connectivity index (χ0n) is 7.84. The summed E-state index contributed by atoms with van der Waals surface area (Å²) in [4.78, 5) is 0. The van der Waals surface area contributed by atoms with Crippen molar-refractivity contribution in [3.8, 4) is 11.5 Å². The molecule has 1 aromatic rings. The molecule has 0 atom stereocenters. The van der Waals surface area contributed by atoms with E-state index in [0.29, 0.717) is 6.61 Å². The first-order valence-corrected chi connectivity index (χ1v) is 3.55. The molecule has 0 aliphatic heterocycles. The van der Waals surface area contributed by atoms with Crippen LogP contribution in [-0.2, 0) is 0 Å². The van der Waals surface area contributed by atoms with Crippen molar-refractivity contribution in [2.24, 2.45) is 0 Å². The second kappa shape index (κ2) is 8.66. The molecule has 0 aromatic heterocycles. The van der Waals surface area contributed by atoms with Gasteiger partial charge in [0.15, 0.2) is 0 Å². The molecular weight excluding hydrogens is 244 g/mol. The largest absolute Gasteiger partial charge is 2.00 e. The molecule has 2 nitrogen and oxygen atoms in total. The molecule has 0 N–H and O–H groups in total. The number of hydrogen-bond acceptors (Lipinski definition) is 2. The van der Waals surface area contributed by atoms with Crippen LogP contribution in [0.2, 0.25) is 0 Å². The van der Waals surface area contributed by atoms with Crippen LogP contribution in [0.1, 0.15) is 6.92 Å². The summed E-state index contributed by atoms with van der Waals surface area (Å²) >= 11 is 0. The van der Waals surface area contributed by atoms with Crippen molar-refractivity contribution in [1.29, 1.82) is 0 Å². The minimum Gasteiger partial charge on any atom is -1.00 e. The van der Waals surface area contributed by atoms with Crippen molar-refractivity contribution in [2.75, 3.05) is 13.7 Å². The molecule has 0 aliphatic carbocycles. The van der Waals surface area contributed by atoms with E-state index in [2.05, 4.69) is 6.07 Å². The van der Waals surface area contributed by atoms with Crippen molar-refractivity contribution in [3.63, 3.8) is 0 Å². The first-order valence-electron chi connectivity index (χ1n) is 3.55. The fraction of sp³-hybridized carbons (Fsp3) is 0.333. The number of benzene rings is 1. The summed E-state index contributed by atoms with van der Waals surface area (Å²) in [6.45, 7) is 2.58. The Balaban J connectivity index is 0. The van der Waals surface area contributed by atoms with Crippen LogP contribution in [0.3, 0.4) is 0 Å². The SMILES string of the molecule is CCOc1c[c-]ccc1OC.[Br-].[Mg+2]. The summed E-state index contributed by atoms with van der Waals surface area (Å²) in [5, 5.41) is 0. The van der Waals surface area contributed by atoms with Gasteiger partial charge in [0, 0.05) is 5.75 Å². The van der Waals surface area contributed by atoms with Crippen LogP contribution in [0, 0.1) is 6.07 Å². The summed E-state index contributed by atoms with van der Waals surface area (Å²) in [5.41, 5.74) is 0. The molecule has 0 unspecified atom stereocenters. The maximum atomic E-state index is 5.27. The van der Waals surface area contributed by atoms with E-state index in [4.69, 9.17) is 9.47 Å². The number of halogens is 1. The molecule has 0 bridgehead atoms. The van der Waals surface area contributed by atoms with E-state index in [1.54, 1.807) is 19.2 Å². The van der Waals surface area contributed by atoms with Crippen molar-refractivity contribution in [2.45, 2.75) is 6.92 Å². The van der Waals surface area contributed by atoms with E-state index in [1.165, 1.54) is 0 Å². The summed E-state index contributed by atoms with van der Waals surface area (Å²) in [6, 6.07) is 8.30. The maximum Gasteiger partial charge on any atom is 2.00 e. The Labute approximate surface area is 106 Å². The quantitative estimate of drug-likeness (QED) is 0.484. The Morgan fingerprint density at radius 2 is 2.08 bits per heavy atom. The molecule has 0 saturated carbocycles. The molecule has 0 heterocycles. The third kappa shape index (κ3) is 4.74. The predicted molar refractivity (Wildman–Crippen MR) is 48.8 cm³/mol. The topological polar surface area (TPSA) is 18.5 Å². The second-order valence-corrected chi connectivity index (χ2v) is 2.01. The van der Waals surface area contributed by atoms with Crippen molar-refractivity contribution in [3.05, 3.63) is 24.3 Å². The van der Waals surface area contributed by atoms with Crippen molar-refractivity contribution < 1.29 is 26.5 Å². The Morgan fingerprint density at radius 3 is 2.62 bits per heavy atom. The monoisotopic (exact) mass is 254 g/mol. The van der Waals surface area contributed by atoms with Crippen molar-refractivity contribution in [1.82, 2.24) is 0 Å². The Morgan fingerprint density at radius 1 is 1.38 bits per heavy atom. The smallest absolute Gasteiger partial charge is 1.00 e. The Bertz CT molecular complexity index is 231. The van der Waals surface area contributed by atoms with Gasteiger partial charge in [-0.2, -0.15) is 12.1 Å². The molecule has 68 valence electrons. The molecule has 0 fully saturated rings. The van der Waals surface area contributed by atoms with Crippen LogP contribution in [0.4, 0.5) is 0 Å². The van der Waals surface area contributed by atoms with Gasteiger partial charge in [0.2, 0.25) is 0 Å². The van der Waals surface area contributed by atoms with Gasteiger partial charge in [-0.1, -0.05) is 0 Å². The molecule has 1 rings (SSSR count).